The second-order valence-corrected chi connectivity index (χ2v) is 61.4. The largest absolute Gasteiger partial charge is 0.381 e. The lowest BCUT2D eigenvalue weighted by atomic mass is 9.80. The molecule has 10 heterocycles. The normalized spacial score (nSPS) is 22.1. The summed E-state index contributed by atoms with van der Waals surface area (Å²) in [4.78, 5) is 52.3. The SMILES string of the molecule is CC(=O)N1CCC(CC(C)(C)C)C1.CC(=O)N1CCC(CC(C)(C)C)CC1.CC(=O)N1CCC(CC(C)(C)C)CC1.CC(=O)N1CCC(CC(C)(C)C)CC1.CC(C)(C)CC1CCN(S(C)(=O)=O)C1.CC(C)(C)CC1CCN(S(C)(=O)=O)CC1.CC(C)(C)CC1CCNCC1.CC(C)(C)CC1CCOCC1.CC(C)(C)CC1CCS(=O)(=O)CC1.CC(C)(C)CC1CCSCC1. The van der Waals surface area contributed by atoms with E-state index in [0.717, 1.165) is 158 Å². The number of ether oxygens (including phenoxy) is 1. The van der Waals surface area contributed by atoms with Gasteiger partial charge in [-0.2, -0.15) is 11.8 Å². The van der Waals surface area contributed by atoms with Gasteiger partial charge in [-0.25, -0.2) is 33.9 Å². The van der Waals surface area contributed by atoms with Crippen LogP contribution >= 0.6 is 11.8 Å². The molecule has 0 radical (unpaired) electrons. The Kier molecular flexibility index (Phi) is 55.8. The molecule has 10 aliphatic rings. The Balaban J connectivity index is 0.000000723. The topological polar surface area (TPSA) is 211 Å². The van der Waals surface area contributed by atoms with Crippen LogP contribution in [0.5, 0.6) is 0 Å². The molecule has 4 amide bonds. The molecule has 2 unspecified atom stereocenters. The summed E-state index contributed by atoms with van der Waals surface area (Å²) in [6.45, 7) is 90.3. The molecule has 130 heavy (non-hydrogen) atoms. The summed E-state index contributed by atoms with van der Waals surface area (Å²) in [5.74, 6) is 12.6. The van der Waals surface area contributed by atoms with E-state index in [0.29, 0.717) is 103 Å². The van der Waals surface area contributed by atoms with Crippen LogP contribution < -0.4 is 5.32 Å². The van der Waals surface area contributed by atoms with Crippen molar-refractivity contribution in [2.24, 2.45) is 113 Å². The highest BCUT2D eigenvalue weighted by Crippen LogP contribution is 2.40. The van der Waals surface area contributed by atoms with Crippen LogP contribution in [0, 0.1) is 113 Å². The molecule has 0 aromatic carbocycles. The fourth-order valence-electron chi connectivity index (χ4n) is 21.1. The molecule has 1 N–H and O–H groups in total. The maximum atomic E-state index is 11.3. The number of hydrogen-bond acceptors (Lipinski definition) is 13. The van der Waals surface area contributed by atoms with Gasteiger partial charge >= 0.3 is 0 Å². The van der Waals surface area contributed by atoms with E-state index in [4.69, 9.17) is 4.74 Å². The van der Waals surface area contributed by atoms with Crippen LogP contribution in [0.3, 0.4) is 0 Å². The standard InChI is InChI=1S/3C12H23NO.C11H23NO2S.C11H21NO.C10H21NO2S.C10H21N.C10H20O2S.C10H20O.C10H20S/c3*1-10(14)13-7-5-11(6-8-13)9-12(2,3)4;1-11(2,3)9-10-5-7-12(8-6-10)15(4,13)14;1-9(13)12-6-5-10(8-12)7-11(2,3)4;1-10(2,3)7-9-5-6-11(8-9)14(4,12)13;1-10(2,3)8-9-4-6-11-7-5-9;1-10(2,3)8-9-4-6-13(11,12)7-5-9;2*1-10(2,3)8-9-4-6-11-7-5-9/h3*11H,5-9H2,1-4H3;10H,5-9H2,1-4H3;10H,5-8H2,1-4H3;9H,5-8H2,1-4H3;9,11H,4-8H2,1-3H3;9H,4-8H2,1-3H3;2*9H,4-8H2,1-3H3. The molecule has 0 aromatic rings. The number of thioether (sulfide) groups is 1. The molecule has 2 atom stereocenters. The second-order valence-electron chi connectivity index (χ2n) is 53.9. The van der Waals surface area contributed by atoms with E-state index in [2.05, 4.69) is 225 Å². The van der Waals surface area contributed by atoms with E-state index < -0.39 is 29.9 Å². The smallest absolute Gasteiger partial charge is 0.219 e. The fourth-order valence-corrected chi connectivity index (χ4v) is 25.7. The van der Waals surface area contributed by atoms with Gasteiger partial charge in [0.05, 0.1) is 24.0 Å². The zero-order valence-electron chi connectivity index (χ0n) is 92.0. The van der Waals surface area contributed by atoms with Crippen molar-refractivity contribution < 1.29 is 49.2 Å². The van der Waals surface area contributed by atoms with E-state index in [1.54, 1.807) is 36.3 Å². The highest BCUT2D eigenvalue weighted by Gasteiger charge is 2.35. The predicted molar refractivity (Wildman–Crippen MR) is 560 cm³/mol. The number of amides is 4. The first kappa shape index (κ1) is 126. The van der Waals surface area contributed by atoms with Crippen LogP contribution in [0.1, 0.15) is 415 Å². The summed E-state index contributed by atoms with van der Waals surface area (Å²) < 4.78 is 76.0. The summed E-state index contributed by atoms with van der Waals surface area (Å²) >= 11 is 2.12. The lowest BCUT2D eigenvalue weighted by Gasteiger charge is -2.34. The number of likely N-dealkylation sites (tertiary alicyclic amines) is 4. The number of nitrogens with one attached hydrogen (secondary N) is 1. The van der Waals surface area contributed by atoms with Crippen LogP contribution in [0.2, 0.25) is 0 Å². The molecule has 772 valence electrons. The Morgan fingerprint density at radius 2 is 0.492 bits per heavy atom. The van der Waals surface area contributed by atoms with Crippen molar-refractivity contribution in [1.29, 1.82) is 0 Å². The number of rotatable bonds is 12. The summed E-state index contributed by atoms with van der Waals surface area (Å²) in [6, 6.07) is 0. The molecule has 10 aliphatic heterocycles. The molecule has 0 bridgehead atoms. The van der Waals surface area contributed by atoms with Gasteiger partial charge in [-0.15, -0.1) is 0 Å². The minimum Gasteiger partial charge on any atom is -0.381 e. The number of nitrogens with zero attached hydrogens (tertiary/aromatic N) is 6. The van der Waals surface area contributed by atoms with Gasteiger partial charge in [0, 0.05) is 119 Å². The van der Waals surface area contributed by atoms with E-state index in [-0.39, 0.29) is 23.6 Å². The van der Waals surface area contributed by atoms with E-state index in [9.17, 15) is 44.4 Å². The van der Waals surface area contributed by atoms with Crippen LogP contribution in [-0.2, 0) is 53.8 Å². The number of carbonyl (C=O) groups is 4. The summed E-state index contributed by atoms with van der Waals surface area (Å²) in [6.07, 6.45) is 36.7. The third-order valence-electron chi connectivity index (χ3n) is 26.5. The quantitative estimate of drug-likeness (QED) is 0.193. The molecule has 0 saturated carbocycles. The lowest BCUT2D eigenvalue weighted by Crippen LogP contribution is -2.38. The van der Waals surface area contributed by atoms with Crippen molar-refractivity contribution in [3.8, 4) is 0 Å². The molecule has 10 saturated heterocycles. The minimum atomic E-state index is -2.96. The Morgan fingerprint density at radius 3 is 0.746 bits per heavy atom. The van der Waals surface area contributed by atoms with Gasteiger partial charge < -0.3 is 29.7 Å². The van der Waals surface area contributed by atoms with Crippen LogP contribution in [0.25, 0.3) is 0 Å². The van der Waals surface area contributed by atoms with Crippen molar-refractivity contribution in [2.45, 2.75) is 415 Å². The summed E-state index contributed by atoms with van der Waals surface area (Å²) in [7, 11) is -8.59. The third-order valence-corrected chi connectivity index (χ3v) is 31.8. The van der Waals surface area contributed by atoms with Gasteiger partial charge in [-0.05, 0) is 318 Å². The average Bonchev–Trinajstić information content (AvgIpc) is 1.58. The van der Waals surface area contributed by atoms with Gasteiger partial charge in [-0.3, -0.25) is 19.2 Å². The third kappa shape index (κ3) is 68.1. The van der Waals surface area contributed by atoms with Gasteiger partial charge in [0.1, 0.15) is 9.84 Å². The van der Waals surface area contributed by atoms with Gasteiger partial charge in [-0.1, -0.05) is 208 Å². The maximum Gasteiger partial charge on any atom is 0.219 e. The maximum absolute atomic E-state index is 11.3. The molecule has 10 fully saturated rings. The highest BCUT2D eigenvalue weighted by atomic mass is 32.2. The summed E-state index contributed by atoms with van der Waals surface area (Å²) in [5, 5.41) is 3.40. The van der Waals surface area contributed by atoms with Crippen molar-refractivity contribution in [1.82, 2.24) is 33.5 Å². The van der Waals surface area contributed by atoms with Crippen molar-refractivity contribution in [2.75, 3.05) is 140 Å². The molecular formula is C108H215N7O11S4. The Labute approximate surface area is 811 Å². The number of sulfonamides is 2. The Bertz CT molecular complexity index is 3260. The first-order chi connectivity index (χ1) is 58.9. The molecule has 0 aliphatic carbocycles. The van der Waals surface area contributed by atoms with E-state index in [1.165, 1.54) is 172 Å². The van der Waals surface area contributed by atoms with E-state index in [1.807, 2.05) is 19.6 Å². The van der Waals surface area contributed by atoms with Crippen LogP contribution in [0.15, 0.2) is 0 Å². The first-order valence-electron chi connectivity index (χ1n) is 51.9. The number of sulfone groups is 1. The molecule has 0 spiro atoms. The Hall–Kier alpha value is -2.08. The lowest BCUT2D eigenvalue weighted by molar-refractivity contribution is -0.131. The van der Waals surface area contributed by atoms with Gasteiger partial charge in [0.2, 0.25) is 43.7 Å². The van der Waals surface area contributed by atoms with Gasteiger partial charge in [0.25, 0.3) is 0 Å². The van der Waals surface area contributed by atoms with Crippen molar-refractivity contribution in [3.63, 3.8) is 0 Å². The fraction of sp³-hybridized carbons (Fsp3) is 0.963. The van der Waals surface area contributed by atoms with Crippen molar-refractivity contribution >= 4 is 65.3 Å². The zero-order valence-corrected chi connectivity index (χ0v) is 95.3. The van der Waals surface area contributed by atoms with E-state index >= 15 is 0 Å². The highest BCUT2D eigenvalue weighted by molar-refractivity contribution is 7.99. The monoisotopic (exact) mass is 1910 g/mol. The summed E-state index contributed by atoms with van der Waals surface area (Å²) in [5.41, 5.74) is 4.28. The minimum absolute atomic E-state index is 0.233. The molecule has 10 rings (SSSR count). The van der Waals surface area contributed by atoms with Gasteiger partial charge in [0.15, 0.2) is 0 Å². The molecular weight excluding hydrogens is 1700 g/mol. The number of carbonyl (C=O) groups excluding carboxylic acids is 4. The average molecular weight is 1920 g/mol. The second kappa shape index (κ2) is 57.6. The van der Waals surface area contributed by atoms with Crippen LogP contribution in [-0.4, -0.2) is 217 Å². The molecule has 18 nitrogen and oxygen atoms in total. The number of piperidine rings is 5. The molecule has 22 heteroatoms. The zero-order chi connectivity index (χ0) is 100. The molecule has 0 aromatic heterocycles. The number of hydrogen-bond donors (Lipinski definition) is 1. The van der Waals surface area contributed by atoms with Crippen molar-refractivity contribution in [3.05, 3.63) is 0 Å². The Morgan fingerprint density at radius 1 is 0.285 bits per heavy atom. The first-order valence-corrected chi connectivity index (χ1v) is 58.6. The predicted octanol–water partition coefficient (Wildman–Crippen LogP) is 25.2. The van der Waals surface area contributed by atoms with Crippen LogP contribution in [0.4, 0.5) is 0 Å².